The number of aryl methyl sites for hydroxylation is 2. The smallest absolute Gasteiger partial charge is 0.306 e. The quantitative estimate of drug-likeness (QED) is 0.639. The SMILES string of the molecule is Cc1nc2ncnn2c(C)c1CCC(=O)OC(C)C(=O)Nc1ncccn1. The van der Waals surface area contributed by atoms with Gasteiger partial charge in [-0.2, -0.15) is 10.1 Å². The topological polar surface area (TPSA) is 124 Å². The lowest BCUT2D eigenvalue weighted by Crippen LogP contribution is -2.30. The summed E-state index contributed by atoms with van der Waals surface area (Å²) in [7, 11) is 0. The number of nitrogens with one attached hydrogen (secondary N) is 1. The molecule has 0 saturated carbocycles. The lowest BCUT2D eigenvalue weighted by molar-refractivity contribution is -0.153. The minimum Gasteiger partial charge on any atom is -0.453 e. The van der Waals surface area contributed by atoms with Crippen molar-refractivity contribution in [2.45, 2.75) is 39.7 Å². The standard InChI is InChI=1S/C17H19N7O3/c1-10-13(11(2)24-17(22-10)20-9-21-24)5-6-14(25)27-12(3)15(26)23-16-18-7-4-8-19-16/h4,7-9,12H,5-6H2,1-3H3,(H,18,19,23,26). The van der Waals surface area contributed by atoms with Crippen LogP contribution in [0.4, 0.5) is 5.95 Å². The van der Waals surface area contributed by atoms with Crippen LogP contribution < -0.4 is 5.32 Å². The number of ether oxygens (including phenoxy) is 1. The third-order valence-electron chi connectivity index (χ3n) is 4.05. The molecular formula is C17H19N7O3. The normalized spacial score (nSPS) is 12.0. The zero-order chi connectivity index (χ0) is 19.4. The molecule has 140 valence electrons. The number of fused-ring (bicyclic) bond motifs is 1. The fourth-order valence-corrected chi connectivity index (χ4v) is 2.63. The number of esters is 1. The molecule has 0 aliphatic carbocycles. The Bertz CT molecular complexity index is 971. The number of hydrogen-bond donors (Lipinski definition) is 1. The highest BCUT2D eigenvalue weighted by Crippen LogP contribution is 2.15. The summed E-state index contributed by atoms with van der Waals surface area (Å²) in [5.74, 6) is -0.301. The highest BCUT2D eigenvalue weighted by molar-refractivity contribution is 5.93. The second kappa shape index (κ2) is 7.85. The fourth-order valence-electron chi connectivity index (χ4n) is 2.63. The molecule has 0 saturated heterocycles. The third kappa shape index (κ3) is 4.22. The Labute approximate surface area is 155 Å². The number of carbonyl (C=O) groups is 2. The molecular weight excluding hydrogens is 350 g/mol. The van der Waals surface area contributed by atoms with Gasteiger partial charge in [0.15, 0.2) is 6.10 Å². The van der Waals surface area contributed by atoms with E-state index in [0.717, 1.165) is 17.0 Å². The average molecular weight is 369 g/mol. The Morgan fingerprint density at radius 3 is 2.70 bits per heavy atom. The molecule has 1 amide bonds. The molecule has 3 heterocycles. The number of anilines is 1. The van der Waals surface area contributed by atoms with Gasteiger partial charge in [0.05, 0.1) is 0 Å². The van der Waals surface area contributed by atoms with E-state index in [0.29, 0.717) is 12.2 Å². The van der Waals surface area contributed by atoms with Gasteiger partial charge in [-0.3, -0.25) is 14.9 Å². The minimum absolute atomic E-state index is 0.114. The van der Waals surface area contributed by atoms with Crippen molar-refractivity contribution < 1.29 is 14.3 Å². The molecule has 3 aromatic heterocycles. The monoisotopic (exact) mass is 369 g/mol. The third-order valence-corrected chi connectivity index (χ3v) is 4.05. The first kappa shape index (κ1) is 18.4. The van der Waals surface area contributed by atoms with Crippen molar-refractivity contribution in [2.24, 2.45) is 0 Å². The van der Waals surface area contributed by atoms with Crippen molar-refractivity contribution in [1.29, 1.82) is 0 Å². The van der Waals surface area contributed by atoms with Crippen LogP contribution in [-0.4, -0.2) is 47.5 Å². The molecule has 0 fully saturated rings. The summed E-state index contributed by atoms with van der Waals surface area (Å²) in [6.07, 6.45) is 4.02. The summed E-state index contributed by atoms with van der Waals surface area (Å²) >= 11 is 0. The Balaban J connectivity index is 1.57. The maximum Gasteiger partial charge on any atom is 0.306 e. The van der Waals surface area contributed by atoms with Gasteiger partial charge in [-0.25, -0.2) is 19.5 Å². The molecule has 1 atom stereocenters. The highest BCUT2D eigenvalue weighted by atomic mass is 16.5. The lowest BCUT2D eigenvalue weighted by Gasteiger charge is -2.14. The number of aromatic nitrogens is 6. The summed E-state index contributed by atoms with van der Waals surface area (Å²) in [6, 6.07) is 1.63. The van der Waals surface area contributed by atoms with Crippen LogP contribution in [0.15, 0.2) is 24.8 Å². The first-order chi connectivity index (χ1) is 13.0. The molecule has 1 unspecified atom stereocenters. The zero-order valence-electron chi connectivity index (χ0n) is 15.2. The van der Waals surface area contributed by atoms with E-state index < -0.39 is 18.0 Å². The number of carbonyl (C=O) groups excluding carboxylic acids is 2. The molecule has 0 spiro atoms. The van der Waals surface area contributed by atoms with Gasteiger partial charge in [0.1, 0.15) is 6.33 Å². The van der Waals surface area contributed by atoms with Crippen LogP contribution in [0.3, 0.4) is 0 Å². The molecule has 1 N–H and O–H groups in total. The van der Waals surface area contributed by atoms with Gasteiger partial charge in [0, 0.05) is 30.2 Å². The lowest BCUT2D eigenvalue weighted by atomic mass is 10.1. The number of hydrogen-bond acceptors (Lipinski definition) is 8. The molecule has 10 nitrogen and oxygen atoms in total. The maximum absolute atomic E-state index is 12.1. The molecule has 0 aliphatic rings. The average Bonchev–Trinajstić information content (AvgIpc) is 3.10. The Kier molecular flexibility index (Phi) is 5.34. The molecule has 0 bridgehead atoms. The van der Waals surface area contributed by atoms with Crippen LogP contribution in [0.1, 0.15) is 30.3 Å². The molecule has 3 aromatic rings. The predicted molar refractivity (Wildman–Crippen MR) is 94.8 cm³/mol. The summed E-state index contributed by atoms with van der Waals surface area (Å²) in [5, 5.41) is 6.61. The first-order valence-electron chi connectivity index (χ1n) is 8.39. The van der Waals surface area contributed by atoms with Crippen molar-refractivity contribution >= 4 is 23.6 Å². The van der Waals surface area contributed by atoms with Gasteiger partial charge in [-0.1, -0.05) is 0 Å². The maximum atomic E-state index is 12.1. The second-order valence-corrected chi connectivity index (χ2v) is 5.93. The van der Waals surface area contributed by atoms with Crippen molar-refractivity contribution in [3.8, 4) is 0 Å². The molecule has 10 heteroatoms. The van der Waals surface area contributed by atoms with Crippen LogP contribution in [-0.2, 0) is 20.7 Å². The summed E-state index contributed by atoms with van der Waals surface area (Å²) < 4.78 is 6.83. The molecule has 0 aromatic carbocycles. The van der Waals surface area contributed by atoms with Gasteiger partial charge in [-0.15, -0.1) is 0 Å². The summed E-state index contributed by atoms with van der Waals surface area (Å²) in [5.41, 5.74) is 2.56. The van der Waals surface area contributed by atoms with Gasteiger partial charge in [0.2, 0.25) is 5.95 Å². The van der Waals surface area contributed by atoms with Crippen molar-refractivity contribution in [3.63, 3.8) is 0 Å². The molecule has 3 rings (SSSR count). The van der Waals surface area contributed by atoms with Gasteiger partial charge in [0.25, 0.3) is 11.7 Å². The zero-order valence-corrected chi connectivity index (χ0v) is 15.2. The predicted octanol–water partition coefficient (Wildman–Crippen LogP) is 1.03. The Morgan fingerprint density at radius 1 is 1.22 bits per heavy atom. The van der Waals surface area contributed by atoms with Crippen LogP contribution in [0.25, 0.3) is 5.78 Å². The van der Waals surface area contributed by atoms with Crippen LogP contribution >= 0.6 is 0 Å². The van der Waals surface area contributed by atoms with E-state index in [1.54, 1.807) is 10.6 Å². The van der Waals surface area contributed by atoms with Gasteiger partial charge in [-0.05, 0) is 38.8 Å². The first-order valence-corrected chi connectivity index (χ1v) is 8.39. The minimum atomic E-state index is -0.959. The number of rotatable bonds is 6. The van der Waals surface area contributed by atoms with E-state index in [1.165, 1.54) is 25.6 Å². The van der Waals surface area contributed by atoms with Crippen molar-refractivity contribution in [1.82, 2.24) is 29.5 Å². The van der Waals surface area contributed by atoms with Crippen LogP contribution in [0.5, 0.6) is 0 Å². The highest BCUT2D eigenvalue weighted by Gasteiger charge is 2.19. The Hall–Kier alpha value is -3.43. The summed E-state index contributed by atoms with van der Waals surface area (Å²) in [6.45, 7) is 5.25. The van der Waals surface area contributed by atoms with Gasteiger partial charge < -0.3 is 4.74 Å². The molecule has 0 aliphatic heterocycles. The van der Waals surface area contributed by atoms with Gasteiger partial charge >= 0.3 is 5.97 Å². The number of amides is 1. The van der Waals surface area contributed by atoms with E-state index in [4.69, 9.17) is 4.74 Å². The summed E-state index contributed by atoms with van der Waals surface area (Å²) in [4.78, 5) is 40.4. The van der Waals surface area contributed by atoms with Crippen LogP contribution in [0.2, 0.25) is 0 Å². The largest absolute Gasteiger partial charge is 0.453 e. The molecule has 27 heavy (non-hydrogen) atoms. The van der Waals surface area contributed by atoms with E-state index in [-0.39, 0.29) is 12.4 Å². The van der Waals surface area contributed by atoms with Crippen molar-refractivity contribution in [3.05, 3.63) is 41.7 Å². The second-order valence-electron chi connectivity index (χ2n) is 5.93. The Morgan fingerprint density at radius 2 is 1.96 bits per heavy atom. The number of nitrogens with zero attached hydrogens (tertiary/aromatic N) is 6. The van der Waals surface area contributed by atoms with Crippen molar-refractivity contribution in [2.75, 3.05) is 5.32 Å². The van der Waals surface area contributed by atoms with E-state index in [2.05, 4.69) is 30.4 Å². The van der Waals surface area contributed by atoms with E-state index in [1.807, 2.05) is 13.8 Å². The van der Waals surface area contributed by atoms with Crippen LogP contribution in [0, 0.1) is 13.8 Å². The van der Waals surface area contributed by atoms with E-state index in [9.17, 15) is 9.59 Å². The van der Waals surface area contributed by atoms with E-state index >= 15 is 0 Å². The molecule has 0 radical (unpaired) electrons. The fraction of sp³-hybridized carbons (Fsp3) is 0.353.